The van der Waals surface area contributed by atoms with Crippen molar-refractivity contribution < 1.29 is 18.7 Å². The van der Waals surface area contributed by atoms with Crippen molar-refractivity contribution in [3.63, 3.8) is 0 Å². The predicted molar refractivity (Wildman–Crippen MR) is 48.0 cm³/mol. The highest BCUT2D eigenvalue weighted by Crippen LogP contribution is 2.17. The summed E-state index contributed by atoms with van der Waals surface area (Å²) in [5.41, 5.74) is 5.39. The summed E-state index contributed by atoms with van der Waals surface area (Å²) >= 11 is 0. The normalized spacial score (nSPS) is 12.5. The Balaban J connectivity index is 2.73. The summed E-state index contributed by atoms with van der Waals surface area (Å²) in [4.78, 5) is 13.7. The lowest BCUT2D eigenvalue weighted by atomic mass is 10.1. The zero-order valence-electron chi connectivity index (χ0n) is 7.78. The number of aromatic nitrogens is 1. The summed E-state index contributed by atoms with van der Waals surface area (Å²) < 4.78 is 25.6. The van der Waals surface area contributed by atoms with Crippen LogP contribution in [0.2, 0.25) is 0 Å². The summed E-state index contributed by atoms with van der Waals surface area (Å²) in [6.45, 7) is 0. The molecule has 0 aromatic carbocycles. The van der Waals surface area contributed by atoms with Gasteiger partial charge in [0.1, 0.15) is 11.6 Å². The number of aliphatic carboxylic acids is 1. The van der Waals surface area contributed by atoms with Crippen LogP contribution in [0, 0.1) is 11.6 Å². The Morgan fingerprint density at radius 3 is 2.80 bits per heavy atom. The molecule has 1 atom stereocenters. The molecular formula is C9H10F2N2O2. The number of nitrogens with two attached hydrogens (primary N) is 1. The maximum atomic E-state index is 13.1. The molecule has 6 heteroatoms. The SMILES string of the molecule is NC(CCC(=O)O)c1ncc(F)cc1F. The Bertz CT molecular complexity index is 371. The van der Waals surface area contributed by atoms with E-state index in [-0.39, 0.29) is 18.5 Å². The zero-order valence-corrected chi connectivity index (χ0v) is 7.78. The van der Waals surface area contributed by atoms with Crippen LogP contribution < -0.4 is 5.73 Å². The van der Waals surface area contributed by atoms with Gasteiger partial charge in [0.25, 0.3) is 0 Å². The first kappa shape index (κ1) is 11.5. The summed E-state index contributed by atoms with van der Waals surface area (Å²) in [6, 6.07) is -0.162. The van der Waals surface area contributed by atoms with Crippen molar-refractivity contribution in [3.05, 3.63) is 29.6 Å². The highest BCUT2D eigenvalue weighted by molar-refractivity contribution is 5.66. The number of nitrogens with zero attached hydrogens (tertiary/aromatic N) is 1. The monoisotopic (exact) mass is 216 g/mol. The van der Waals surface area contributed by atoms with Gasteiger partial charge >= 0.3 is 5.97 Å². The fraction of sp³-hybridized carbons (Fsp3) is 0.333. The quantitative estimate of drug-likeness (QED) is 0.793. The topological polar surface area (TPSA) is 76.2 Å². The number of halogens is 2. The average Bonchev–Trinajstić information content (AvgIpc) is 2.14. The zero-order chi connectivity index (χ0) is 11.4. The molecule has 0 aliphatic heterocycles. The molecule has 0 fully saturated rings. The van der Waals surface area contributed by atoms with E-state index in [0.29, 0.717) is 6.07 Å². The Kier molecular flexibility index (Phi) is 3.68. The number of hydrogen-bond acceptors (Lipinski definition) is 3. The van der Waals surface area contributed by atoms with Crippen LogP contribution in [0.15, 0.2) is 12.3 Å². The maximum absolute atomic E-state index is 13.1. The van der Waals surface area contributed by atoms with Gasteiger partial charge in [-0.05, 0) is 6.42 Å². The highest BCUT2D eigenvalue weighted by Gasteiger charge is 2.14. The third kappa shape index (κ3) is 3.25. The van der Waals surface area contributed by atoms with Crippen molar-refractivity contribution in [1.82, 2.24) is 4.98 Å². The molecule has 0 radical (unpaired) electrons. The number of rotatable bonds is 4. The van der Waals surface area contributed by atoms with Gasteiger partial charge in [-0.25, -0.2) is 8.78 Å². The van der Waals surface area contributed by atoms with Crippen LogP contribution in [-0.2, 0) is 4.79 Å². The average molecular weight is 216 g/mol. The van der Waals surface area contributed by atoms with Crippen molar-refractivity contribution in [2.24, 2.45) is 5.73 Å². The van der Waals surface area contributed by atoms with Gasteiger partial charge in [-0.3, -0.25) is 9.78 Å². The van der Waals surface area contributed by atoms with E-state index < -0.39 is 23.6 Å². The van der Waals surface area contributed by atoms with Gasteiger partial charge in [0.2, 0.25) is 0 Å². The minimum absolute atomic E-state index is 0.0604. The van der Waals surface area contributed by atoms with E-state index in [1.807, 2.05) is 0 Å². The van der Waals surface area contributed by atoms with Crippen LogP contribution >= 0.6 is 0 Å². The van der Waals surface area contributed by atoms with Gasteiger partial charge in [-0.1, -0.05) is 0 Å². The molecule has 0 bridgehead atoms. The minimum Gasteiger partial charge on any atom is -0.481 e. The van der Waals surface area contributed by atoms with Crippen LogP contribution in [0.3, 0.4) is 0 Å². The first-order valence-corrected chi connectivity index (χ1v) is 4.29. The molecule has 0 spiro atoms. The molecule has 1 unspecified atom stereocenters. The molecule has 1 aromatic rings. The van der Waals surface area contributed by atoms with Gasteiger partial charge in [0.05, 0.1) is 17.9 Å². The molecule has 1 heterocycles. The van der Waals surface area contributed by atoms with Crippen LogP contribution in [0.1, 0.15) is 24.6 Å². The second-order valence-electron chi connectivity index (χ2n) is 3.06. The smallest absolute Gasteiger partial charge is 0.303 e. The van der Waals surface area contributed by atoms with Gasteiger partial charge in [0, 0.05) is 12.5 Å². The third-order valence-electron chi connectivity index (χ3n) is 1.86. The van der Waals surface area contributed by atoms with Gasteiger partial charge < -0.3 is 10.8 Å². The van der Waals surface area contributed by atoms with Crippen LogP contribution in [-0.4, -0.2) is 16.1 Å². The van der Waals surface area contributed by atoms with Gasteiger partial charge in [-0.2, -0.15) is 0 Å². The lowest BCUT2D eigenvalue weighted by Crippen LogP contribution is -2.15. The van der Waals surface area contributed by atoms with Gasteiger partial charge in [-0.15, -0.1) is 0 Å². The van der Waals surface area contributed by atoms with E-state index in [2.05, 4.69) is 4.98 Å². The van der Waals surface area contributed by atoms with Crippen molar-refractivity contribution in [2.45, 2.75) is 18.9 Å². The molecule has 0 aliphatic carbocycles. The fourth-order valence-electron chi connectivity index (χ4n) is 1.11. The number of hydrogen-bond donors (Lipinski definition) is 2. The highest BCUT2D eigenvalue weighted by atomic mass is 19.1. The summed E-state index contributed by atoms with van der Waals surface area (Å²) in [6.07, 6.45) is 0.726. The van der Waals surface area contributed by atoms with E-state index in [1.165, 1.54) is 0 Å². The molecule has 3 N–H and O–H groups in total. The number of carboxylic acid groups (broad SMARTS) is 1. The van der Waals surface area contributed by atoms with Crippen LogP contribution in [0.25, 0.3) is 0 Å². The number of carboxylic acids is 1. The molecule has 82 valence electrons. The van der Waals surface area contributed by atoms with Crippen molar-refractivity contribution in [3.8, 4) is 0 Å². The van der Waals surface area contributed by atoms with E-state index in [0.717, 1.165) is 6.20 Å². The molecule has 0 saturated heterocycles. The van der Waals surface area contributed by atoms with Crippen LogP contribution in [0.5, 0.6) is 0 Å². The molecule has 0 saturated carbocycles. The Labute approximate surface area is 84.7 Å². The minimum atomic E-state index is -1.02. The predicted octanol–water partition coefficient (Wildman–Crippen LogP) is 1.22. The maximum Gasteiger partial charge on any atom is 0.303 e. The standard InChI is InChI=1S/C9H10F2N2O2/c10-5-3-6(11)9(13-4-5)7(12)1-2-8(14)15/h3-4,7H,1-2,12H2,(H,14,15). The van der Waals surface area contributed by atoms with Crippen molar-refractivity contribution in [2.75, 3.05) is 0 Å². The molecule has 0 amide bonds. The molecule has 1 aromatic heterocycles. The molecule has 4 nitrogen and oxygen atoms in total. The molecule has 0 aliphatic rings. The molecule has 1 rings (SSSR count). The van der Waals surface area contributed by atoms with E-state index in [9.17, 15) is 13.6 Å². The van der Waals surface area contributed by atoms with E-state index in [4.69, 9.17) is 10.8 Å². The lowest BCUT2D eigenvalue weighted by Gasteiger charge is -2.10. The second-order valence-corrected chi connectivity index (χ2v) is 3.06. The number of carbonyl (C=O) groups is 1. The first-order valence-electron chi connectivity index (χ1n) is 4.29. The Hall–Kier alpha value is -1.56. The van der Waals surface area contributed by atoms with Crippen LogP contribution in [0.4, 0.5) is 8.78 Å². The van der Waals surface area contributed by atoms with E-state index >= 15 is 0 Å². The summed E-state index contributed by atoms with van der Waals surface area (Å²) in [7, 11) is 0. The lowest BCUT2D eigenvalue weighted by molar-refractivity contribution is -0.137. The fourth-order valence-corrected chi connectivity index (χ4v) is 1.11. The molecular weight excluding hydrogens is 206 g/mol. The Morgan fingerprint density at radius 1 is 1.60 bits per heavy atom. The number of pyridine rings is 1. The molecule has 15 heavy (non-hydrogen) atoms. The first-order chi connectivity index (χ1) is 7.00. The van der Waals surface area contributed by atoms with E-state index in [1.54, 1.807) is 0 Å². The third-order valence-corrected chi connectivity index (χ3v) is 1.86. The largest absolute Gasteiger partial charge is 0.481 e. The van der Waals surface area contributed by atoms with Gasteiger partial charge in [0.15, 0.2) is 0 Å². The summed E-state index contributed by atoms with van der Waals surface area (Å²) in [5.74, 6) is -2.66. The Morgan fingerprint density at radius 2 is 2.27 bits per heavy atom. The second kappa shape index (κ2) is 4.79. The van der Waals surface area contributed by atoms with Crippen molar-refractivity contribution in [1.29, 1.82) is 0 Å². The summed E-state index contributed by atoms with van der Waals surface area (Å²) in [5, 5.41) is 8.39. The van der Waals surface area contributed by atoms with Crippen molar-refractivity contribution >= 4 is 5.97 Å².